The van der Waals surface area contributed by atoms with Crippen LogP contribution in [0.5, 0.6) is 5.75 Å². The predicted octanol–water partition coefficient (Wildman–Crippen LogP) is 1.29. The number of hydrogen-bond acceptors (Lipinski definition) is 4. The summed E-state index contributed by atoms with van der Waals surface area (Å²) in [5, 5.41) is 2.58. The van der Waals surface area contributed by atoms with Gasteiger partial charge in [0.25, 0.3) is 5.91 Å². The van der Waals surface area contributed by atoms with Crippen LogP contribution in [0.1, 0.15) is 12.5 Å². The maximum absolute atomic E-state index is 13.3. The molecule has 1 heterocycles. The molecule has 1 aromatic carbocycles. The number of amides is 3. The highest BCUT2D eigenvalue weighted by atomic mass is 19.1. The van der Waals surface area contributed by atoms with Crippen LogP contribution in [0, 0.1) is 5.82 Å². The van der Waals surface area contributed by atoms with Gasteiger partial charge < -0.3 is 14.8 Å². The highest BCUT2D eigenvalue weighted by molar-refractivity contribution is 6.06. The molecule has 1 N–H and O–H groups in total. The molecule has 1 fully saturated rings. The van der Waals surface area contributed by atoms with Crippen LogP contribution < -0.4 is 10.1 Å². The molecule has 1 atom stereocenters. The van der Waals surface area contributed by atoms with Crippen LogP contribution in [0.3, 0.4) is 0 Å². The molecule has 6 nitrogen and oxygen atoms in total. The zero-order valence-electron chi connectivity index (χ0n) is 12.1. The van der Waals surface area contributed by atoms with Gasteiger partial charge in [-0.05, 0) is 25.1 Å². The van der Waals surface area contributed by atoms with Gasteiger partial charge in [0.1, 0.15) is 17.1 Å². The van der Waals surface area contributed by atoms with Gasteiger partial charge in [-0.3, -0.25) is 9.69 Å². The van der Waals surface area contributed by atoms with E-state index in [1.807, 2.05) is 0 Å². The number of nitrogens with one attached hydrogen (secondary N) is 1. The lowest BCUT2D eigenvalue weighted by atomic mass is 10.0. The molecular formula is C14H17FN2O4. The van der Waals surface area contributed by atoms with Gasteiger partial charge in [0.05, 0.1) is 20.3 Å². The Balaban J connectivity index is 2.26. The SMILES string of the molecule is COCC1(C)NC(=O)N(Cc2cc(F)ccc2OC)C1=O. The number of hydrogen-bond donors (Lipinski definition) is 1. The van der Waals surface area contributed by atoms with Gasteiger partial charge in [-0.2, -0.15) is 0 Å². The van der Waals surface area contributed by atoms with Crippen LogP contribution in [-0.2, 0) is 16.1 Å². The van der Waals surface area contributed by atoms with E-state index in [2.05, 4.69) is 5.32 Å². The molecule has 3 amide bonds. The standard InChI is InChI=1S/C14H17FN2O4/c1-14(8-20-2)12(18)17(13(19)16-14)7-9-6-10(15)4-5-11(9)21-3/h4-6H,7-8H2,1-3H3,(H,16,19). The average Bonchev–Trinajstić information content (AvgIpc) is 2.63. The molecule has 0 radical (unpaired) electrons. The Morgan fingerprint density at radius 3 is 2.67 bits per heavy atom. The van der Waals surface area contributed by atoms with Crippen LogP contribution in [0.4, 0.5) is 9.18 Å². The largest absolute Gasteiger partial charge is 0.496 e. The molecule has 1 unspecified atom stereocenters. The molecule has 1 aliphatic heterocycles. The number of methoxy groups -OCH3 is 2. The van der Waals surface area contributed by atoms with Gasteiger partial charge in [0, 0.05) is 12.7 Å². The summed E-state index contributed by atoms with van der Waals surface area (Å²) >= 11 is 0. The molecule has 1 aliphatic rings. The van der Waals surface area contributed by atoms with E-state index in [1.54, 1.807) is 6.92 Å². The molecule has 0 bridgehead atoms. The highest BCUT2D eigenvalue weighted by Crippen LogP contribution is 2.25. The zero-order chi connectivity index (χ0) is 15.6. The van der Waals surface area contributed by atoms with Crippen LogP contribution >= 0.6 is 0 Å². The fourth-order valence-corrected chi connectivity index (χ4v) is 2.32. The maximum atomic E-state index is 13.3. The monoisotopic (exact) mass is 296 g/mol. The normalized spacial score (nSPS) is 21.6. The van der Waals surface area contributed by atoms with Crippen molar-refractivity contribution in [3.05, 3.63) is 29.6 Å². The summed E-state index contributed by atoms with van der Waals surface area (Å²) < 4.78 is 23.4. The summed E-state index contributed by atoms with van der Waals surface area (Å²) in [7, 11) is 2.89. The van der Waals surface area contributed by atoms with Gasteiger partial charge in [0.2, 0.25) is 0 Å². The first-order chi connectivity index (χ1) is 9.91. The fourth-order valence-electron chi connectivity index (χ4n) is 2.32. The van der Waals surface area contributed by atoms with Gasteiger partial charge in [-0.25, -0.2) is 9.18 Å². The van der Waals surface area contributed by atoms with Crippen molar-refractivity contribution in [3.63, 3.8) is 0 Å². The molecule has 1 saturated heterocycles. The quantitative estimate of drug-likeness (QED) is 0.831. The molecular weight excluding hydrogens is 279 g/mol. The van der Waals surface area contributed by atoms with E-state index in [0.717, 1.165) is 4.90 Å². The van der Waals surface area contributed by atoms with Crippen LogP contribution in [0.2, 0.25) is 0 Å². The summed E-state index contributed by atoms with van der Waals surface area (Å²) in [6.45, 7) is 1.58. The second-order valence-corrected chi connectivity index (χ2v) is 5.04. The summed E-state index contributed by atoms with van der Waals surface area (Å²) in [4.78, 5) is 25.3. The number of nitrogens with zero attached hydrogens (tertiary/aromatic N) is 1. The van der Waals surface area contributed by atoms with Crippen molar-refractivity contribution in [1.29, 1.82) is 0 Å². The minimum Gasteiger partial charge on any atom is -0.496 e. The Kier molecular flexibility index (Phi) is 4.13. The van der Waals surface area contributed by atoms with Crippen molar-refractivity contribution in [2.24, 2.45) is 0 Å². The lowest BCUT2D eigenvalue weighted by molar-refractivity contribution is -0.132. The van der Waals surface area contributed by atoms with Crippen LogP contribution in [0.15, 0.2) is 18.2 Å². The Morgan fingerprint density at radius 2 is 2.05 bits per heavy atom. The van der Waals surface area contributed by atoms with E-state index in [1.165, 1.54) is 32.4 Å². The van der Waals surface area contributed by atoms with E-state index in [-0.39, 0.29) is 13.2 Å². The number of urea groups is 1. The minimum atomic E-state index is -1.10. The Morgan fingerprint density at radius 1 is 1.33 bits per heavy atom. The molecule has 0 aliphatic carbocycles. The predicted molar refractivity (Wildman–Crippen MR) is 72.3 cm³/mol. The first-order valence-electron chi connectivity index (χ1n) is 6.37. The lowest BCUT2D eigenvalue weighted by Gasteiger charge is -2.20. The van der Waals surface area contributed by atoms with Crippen LogP contribution in [-0.4, -0.2) is 43.2 Å². The third-order valence-electron chi connectivity index (χ3n) is 3.35. The minimum absolute atomic E-state index is 0.0638. The van der Waals surface area contributed by atoms with Crippen molar-refractivity contribution in [3.8, 4) is 5.75 Å². The Labute approximate surface area is 121 Å². The summed E-state index contributed by atoms with van der Waals surface area (Å²) in [6.07, 6.45) is 0. The van der Waals surface area contributed by atoms with E-state index in [0.29, 0.717) is 11.3 Å². The second kappa shape index (κ2) is 5.69. The Hall–Kier alpha value is -2.15. The van der Waals surface area contributed by atoms with Crippen molar-refractivity contribution in [2.45, 2.75) is 19.0 Å². The third-order valence-corrected chi connectivity index (χ3v) is 3.35. The number of carbonyl (C=O) groups is 2. The summed E-state index contributed by atoms with van der Waals surface area (Å²) in [5.74, 6) is -0.462. The first kappa shape index (κ1) is 15.2. The summed E-state index contributed by atoms with van der Waals surface area (Å²) in [6, 6.07) is 3.41. The van der Waals surface area contributed by atoms with E-state index >= 15 is 0 Å². The molecule has 0 spiro atoms. The van der Waals surface area contributed by atoms with E-state index in [4.69, 9.17) is 9.47 Å². The molecule has 2 rings (SSSR count). The number of benzene rings is 1. The number of halogens is 1. The van der Waals surface area contributed by atoms with Gasteiger partial charge in [0.15, 0.2) is 0 Å². The highest BCUT2D eigenvalue weighted by Gasteiger charge is 2.47. The van der Waals surface area contributed by atoms with E-state index in [9.17, 15) is 14.0 Å². The molecule has 7 heteroatoms. The average molecular weight is 296 g/mol. The van der Waals surface area contributed by atoms with E-state index < -0.39 is 23.3 Å². The third kappa shape index (κ3) is 2.82. The molecule has 0 saturated carbocycles. The lowest BCUT2D eigenvalue weighted by Crippen LogP contribution is -2.47. The van der Waals surface area contributed by atoms with Gasteiger partial charge in [-0.1, -0.05) is 0 Å². The van der Waals surface area contributed by atoms with Crippen molar-refractivity contribution >= 4 is 11.9 Å². The molecule has 114 valence electrons. The number of rotatable bonds is 5. The van der Waals surface area contributed by atoms with Gasteiger partial charge in [-0.15, -0.1) is 0 Å². The first-order valence-corrected chi connectivity index (χ1v) is 6.37. The molecule has 0 aromatic heterocycles. The number of imide groups is 1. The topological polar surface area (TPSA) is 67.9 Å². The van der Waals surface area contributed by atoms with Crippen molar-refractivity contribution in [2.75, 3.05) is 20.8 Å². The second-order valence-electron chi connectivity index (χ2n) is 5.04. The fraction of sp³-hybridized carbons (Fsp3) is 0.429. The number of carbonyl (C=O) groups excluding carboxylic acids is 2. The van der Waals surface area contributed by atoms with Crippen molar-refractivity contribution < 1.29 is 23.5 Å². The zero-order valence-corrected chi connectivity index (χ0v) is 12.1. The maximum Gasteiger partial charge on any atom is 0.325 e. The van der Waals surface area contributed by atoms with Crippen LogP contribution in [0.25, 0.3) is 0 Å². The molecule has 21 heavy (non-hydrogen) atoms. The number of ether oxygens (including phenoxy) is 2. The smallest absolute Gasteiger partial charge is 0.325 e. The van der Waals surface area contributed by atoms with Crippen molar-refractivity contribution in [1.82, 2.24) is 10.2 Å². The Bertz CT molecular complexity index is 578. The van der Waals surface area contributed by atoms with Gasteiger partial charge >= 0.3 is 6.03 Å². The summed E-state index contributed by atoms with van der Waals surface area (Å²) in [5.41, 5.74) is -0.686. The molecule has 1 aromatic rings.